The standard InChI is InChI=1S/C20H17BN2O2/c1-20(2)15-6-3-5-13-14-11-12(25-21-24)8-9-16(14)23(18(13)15)17-7-4-10-22-19(17)20/h3-11,21,24H,1-2H3. The highest BCUT2D eigenvalue weighted by atomic mass is 16.5. The third-order valence-corrected chi connectivity index (χ3v) is 5.28. The van der Waals surface area contributed by atoms with E-state index in [1.807, 2.05) is 24.4 Å². The molecule has 0 bridgehead atoms. The maximum absolute atomic E-state index is 9.07. The van der Waals surface area contributed by atoms with Gasteiger partial charge in [0.25, 0.3) is 0 Å². The lowest BCUT2D eigenvalue weighted by Crippen LogP contribution is -2.27. The van der Waals surface area contributed by atoms with Crippen molar-refractivity contribution in [3.63, 3.8) is 0 Å². The first-order chi connectivity index (χ1) is 12.1. The average Bonchev–Trinajstić information content (AvgIpc) is 2.95. The summed E-state index contributed by atoms with van der Waals surface area (Å²) in [6.45, 7) is 4.46. The van der Waals surface area contributed by atoms with Gasteiger partial charge in [0.1, 0.15) is 5.75 Å². The van der Waals surface area contributed by atoms with Gasteiger partial charge in [-0.3, -0.25) is 4.98 Å². The highest BCUT2D eigenvalue weighted by Crippen LogP contribution is 2.46. The molecule has 4 aromatic rings. The second-order valence-corrected chi connectivity index (χ2v) is 6.99. The van der Waals surface area contributed by atoms with Crippen LogP contribution < -0.4 is 4.65 Å². The second kappa shape index (κ2) is 4.86. The fraction of sp³-hybridized carbons (Fsp3) is 0.150. The minimum atomic E-state index is -0.324. The summed E-state index contributed by atoms with van der Waals surface area (Å²) >= 11 is 0. The molecule has 0 spiro atoms. The highest BCUT2D eigenvalue weighted by Gasteiger charge is 2.36. The molecule has 0 aliphatic carbocycles. The molecule has 0 fully saturated rings. The Balaban J connectivity index is 2.00. The van der Waals surface area contributed by atoms with Crippen LogP contribution in [0.2, 0.25) is 0 Å². The molecule has 0 radical (unpaired) electrons. The number of fused-ring (bicyclic) bond motifs is 5. The van der Waals surface area contributed by atoms with E-state index in [9.17, 15) is 0 Å². The minimum Gasteiger partial charge on any atom is -0.539 e. The van der Waals surface area contributed by atoms with Crippen molar-refractivity contribution < 1.29 is 9.68 Å². The molecule has 0 atom stereocenters. The van der Waals surface area contributed by atoms with Crippen molar-refractivity contribution >= 4 is 29.5 Å². The summed E-state index contributed by atoms with van der Waals surface area (Å²) in [5.74, 6) is 0.671. The lowest BCUT2D eigenvalue weighted by molar-refractivity contribution is 0.454. The van der Waals surface area contributed by atoms with Gasteiger partial charge in [0, 0.05) is 22.4 Å². The number of benzene rings is 2. The Kier molecular flexibility index (Phi) is 2.83. The normalized spacial score (nSPS) is 14.5. The first-order valence-electron chi connectivity index (χ1n) is 8.40. The van der Waals surface area contributed by atoms with Gasteiger partial charge in [0.2, 0.25) is 0 Å². The molecule has 1 aliphatic rings. The molecule has 5 rings (SSSR count). The van der Waals surface area contributed by atoms with Crippen LogP contribution in [0.15, 0.2) is 54.7 Å². The first kappa shape index (κ1) is 14.5. The lowest BCUT2D eigenvalue weighted by Gasteiger charge is -2.33. The summed E-state index contributed by atoms with van der Waals surface area (Å²) in [7, 11) is -0.324. The molecule has 4 nitrogen and oxygen atoms in total. The molecule has 2 aromatic heterocycles. The number of aromatic nitrogens is 2. The molecule has 122 valence electrons. The van der Waals surface area contributed by atoms with Gasteiger partial charge in [-0.1, -0.05) is 18.2 Å². The van der Waals surface area contributed by atoms with E-state index in [0.717, 1.165) is 22.3 Å². The Morgan fingerprint density at radius 3 is 2.80 bits per heavy atom. The number of hydrogen-bond donors (Lipinski definition) is 1. The Bertz CT molecular complexity index is 1150. The summed E-state index contributed by atoms with van der Waals surface area (Å²) in [5, 5.41) is 11.4. The Hall–Kier alpha value is -2.79. The van der Waals surface area contributed by atoms with Gasteiger partial charge in [-0.2, -0.15) is 0 Å². The summed E-state index contributed by atoms with van der Waals surface area (Å²) in [5.41, 5.74) is 5.68. The topological polar surface area (TPSA) is 47.3 Å². The maximum Gasteiger partial charge on any atom is 0.504 e. The molecule has 1 N–H and O–H groups in total. The monoisotopic (exact) mass is 328 g/mol. The lowest BCUT2D eigenvalue weighted by atomic mass is 9.77. The zero-order chi connectivity index (χ0) is 17.2. The molecule has 3 heterocycles. The number of rotatable bonds is 2. The third kappa shape index (κ3) is 1.79. The van der Waals surface area contributed by atoms with Crippen LogP contribution in [0.1, 0.15) is 25.1 Å². The number of nitrogens with zero attached hydrogens (tertiary/aromatic N) is 2. The van der Waals surface area contributed by atoms with Crippen molar-refractivity contribution in [3.05, 3.63) is 66.0 Å². The molecule has 2 aromatic carbocycles. The van der Waals surface area contributed by atoms with Gasteiger partial charge in [0.15, 0.2) is 0 Å². The third-order valence-electron chi connectivity index (χ3n) is 5.28. The van der Waals surface area contributed by atoms with Crippen LogP contribution in [0.4, 0.5) is 0 Å². The molecular weight excluding hydrogens is 311 g/mol. The van der Waals surface area contributed by atoms with E-state index in [0.29, 0.717) is 5.75 Å². The summed E-state index contributed by atoms with van der Waals surface area (Å²) in [4.78, 5) is 4.71. The van der Waals surface area contributed by atoms with Crippen molar-refractivity contribution in [1.82, 2.24) is 9.55 Å². The van der Waals surface area contributed by atoms with E-state index in [2.05, 4.69) is 48.7 Å². The minimum absolute atomic E-state index is 0.162. The van der Waals surface area contributed by atoms with Gasteiger partial charge in [-0.25, -0.2) is 0 Å². The fourth-order valence-corrected chi connectivity index (χ4v) is 4.15. The van der Waals surface area contributed by atoms with Crippen LogP contribution in [0.5, 0.6) is 5.75 Å². The molecule has 0 amide bonds. The van der Waals surface area contributed by atoms with E-state index >= 15 is 0 Å². The zero-order valence-corrected chi connectivity index (χ0v) is 14.2. The largest absolute Gasteiger partial charge is 0.539 e. The predicted molar refractivity (Wildman–Crippen MR) is 101 cm³/mol. The van der Waals surface area contributed by atoms with Gasteiger partial charge < -0.3 is 14.2 Å². The zero-order valence-electron chi connectivity index (χ0n) is 14.2. The summed E-state index contributed by atoms with van der Waals surface area (Å²) in [6.07, 6.45) is 1.87. The maximum atomic E-state index is 9.07. The molecule has 1 aliphatic heterocycles. The SMILES string of the molecule is CC1(C)c2ncccc2-n2c3ccc(OBO)cc3c3cccc1c32. The van der Waals surface area contributed by atoms with E-state index in [-0.39, 0.29) is 13.1 Å². The smallest absolute Gasteiger partial charge is 0.504 e. The first-order valence-corrected chi connectivity index (χ1v) is 8.40. The predicted octanol–water partition coefficient (Wildman–Crippen LogP) is 3.46. The van der Waals surface area contributed by atoms with E-state index in [1.54, 1.807) is 0 Å². The Labute approximate surface area is 146 Å². The Morgan fingerprint density at radius 2 is 1.96 bits per heavy atom. The fourth-order valence-electron chi connectivity index (χ4n) is 4.15. The average molecular weight is 328 g/mol. The van der Waals surface area contributed by atoms with Crippen LogP contribution >= 0.6 is 0 Å². The van der Waals surface area contributed by atoms with E-state index < -0.39 is 0 Å². The van der Waals surface area contributed by atoms with Crippen LogP contribution in [0.3, 0.4) is 0 Å². The van der Waals surface area contributed by atoms with E-state index in [4.69, 9.17) is 14.7 Å². The molecule has 0 unspecified atom stereocenters. The molecule has 0 saturated heterocycles. The van der Waals surface area contributed by atoms with Crippen LogP contribution in [0.25, 0.3) is 27.5 Å². The van der Waals surface area contributed by atoms with Gasteiger partial charge >= 0.3 is 7.69 Å². The molecular formula is C20H17BN2O2. The van der Waals surface area contributed by atoms with Gasteiger partial charge in [-0.05, 0) is 49.7 Å². The van der Waals surface area contributed by atoms with Crippen molar-refractivity contribution in [2.24, 2.45) is 0 Å². The summed E-state index contributed by atoms with van der Waals surface area (Å²) < 4.78 is 7.60. The number of hydrogen-bond acceptors (Lipinski definition) is 3. The van der Waals surface area contributed by atoms with Crippen molar-refractivity contribution in [2.45, 2.75) is 19.3 Å². The van der Waals surface area contributed by atoms with Crippen molar-refractivity contribution in [2.75, 3.05) is 0 Å². The van der Waals surface area contributed by atoms with Crippen molar-refractivity contribution in [1.29, 1.82) is 0 Å². The Morgan fingerprint density at radius 1 is 1.08 bits per heavy atom. The number of pyridine rings is 1. The molecule has 25 heavy (non-hydrogen) atoms. The molecule has 0 saturated carbocycles. The van der Waals surface area contributed by atoms with Crippen molar-refractivity contribution in [3.8, 4) is 11.4 Å². The number of para-hydroxylation sites is 1. The second-order valence-electron chi connectivity index (χ2n) is 6.99. The van der Waals surface area contributed by atoms with Gasteiger partial charge in [-0.15, -0.1) is 0 Å². The molecule has 5 heteroatoms. The highest BCUT2D eigenvalue weighted by molar-refractivity contribution is 6.18. The van der Waals surface area contributed by atoms with Crippen LogP contribution in [0, 0.1) is 0 Å². The van der Waals surface area contributed by atoms with Crippen LogP contribution in [-0.2, 0) is 5.41 Å². The summed E-state index contributed by atoms with van der Waals surface area (Å²) in [6, 6.07) is 16.5. The van der Waals surface area contributed by atoms with Crippen LogP contribution in [-0.4, -0.2) is 22.3 Å². The quantitative estimate of drug-likeness (QED) is 0.573. The van der Waals surface area contributed by atoms with Gasteiger partial charge in [0.05, 0.1) is 22.4 Å². The van der Waals surface area contributed by atoms with E-state index in [1.165, 1.54) is 16.5 Å².